The van der Waals surface area contributed by atoms with E-state index in [4.69, 9.17) is 26.8 Å². The van der Waals surface area contributed by atoms with Crippen molar-refractivity contribution in [3.63, 3.8) is 0 Å². The summed E-state index contributed by atoms with van der Waals surface area (Å²) in [7, 11) is 3.26. The summed E-state index contributed by atoms with van der Waals surface area (Å²) >= 11 is 6.12. The third kappa shape index (κ3) is 3.95. The number of benzene rings is 2. The molecular weight excluding hydrogens is 288 g/mol. The number of halogens is 1. The maximum absolute atomic E-state index is 6.12. The minimum absolute atomic E-state index is 0.627. The van der Waals surface area contributed by atoms with Crippen LogP contribution in [0.2, 0.25) is 5.02 Å². The molecule has 2 aromatic carbocycles. The van der Waals surface area contributed by atoms with Crippen LogP contribution in [0.3, 0.4) is 0 Å². The van der Waals surface area contributed by atoms with Gasteiger partial charge in [-0.1, -0.05) is 17.7 Å². The van der Waals surface area contributed by atoms with E-state index in [0.29, 0.717) is 10.7 Å². The fraction of sp³-hybridized carbons (Fsp3) is 0.250. The van der Waals surface area contributed by atoms with Gasteiger partial charge in [0, 0.05) is 12.2 Å². The van der Waals surface area contributed by atoms with E-state index >= 15 is 0 Å². The lowest BCUT2D eigenvalue weighted by atomic mass is 10.1. The number of rotatable bonds is 6. The fourth-order valence-corrected chi connectivity index (χ4v) is 2.31. The second-order valence-electron chi connectivity index (χ2n) is 4.61. The first-order valence-electron chi connectivity index (χ1n) is 6.64. The standard InChI is InChI=1S/C16H19ClN2O2/c1-20-15-6-3-11(9-16(15)21-2)7-8-19-14-5-4-12(18)10-13(14)17/h3-6,9-10,19H,7-8,18H2,1-2H3. The van der Waals surface area contributed by atoms with Crippen molar-refractivity contribution in [3.8, 4) is 11.5 Å². The lowest BCUT2D eigenvalue weighted by Gasteiger charge is -2.11. The molecular formula is C16H19ClN2O2. The molecule has 0 bridgehead atoms. The quantitative estimate of drug-likeness (QED) is 0.801. The van der Waals surface area contributed by atoms with Crippen LogP contribution in [-0.2, 0) is 6.42 Å². The van der Waals surface area contributed by atoms with Crippen molar-refractivity contribution in [2.24, 2.45) is 0 Å². The van der Waals surface area contributed by atoms with Gasteiger partial charge in [-0.3, -0.25) is 0 Å². The molecule has 0 heterocycles. The van der Waals surface area contributed by atoms with Crippen LogP contribution in [0.5, 0.6) is 11.5 Å². The average Bonchev–Trinajstić information content (AvgIpc) is 2.49. The number of nitrogens with one attached hydrogen (secondary N) is 1. The highest BCUT2D eigenvalue weighted by atomic mass is 35.5. The van der Waals surface area contributed by atoms with Gasteiger partial charge < -0.3 is 20.5 Å². The maximum Gasteiger partial charge on any atom is 0.160 e. The van der Waals surface area contributed by atoms with E-state index in [1.807, 2.05) is 30.3 Å². The van der Waals surface area contributed by atoms with Crippen LogP contribution in [0.25, 0.3) is 0 Å². The number of hydrogen-bond acceptors (Lipinski definition) is 4. The molecule has 0 unspecified atom stereocenters. The fourth-order valence-electron chi connectivity index (χ4n) is 2.05. The third-order valence-electron chi connectivity index (χ3n) is 3.17. The van der Waals surface area contributed by atoms with E-state index in [-0.39, 0.29) is 0 Å². The lowest BCUT2D eigenvalue weighted by Crippen LogP contribution is -2.05. The Kier molecular flexibility index (Phi) is 5.17. The normalized spacial score (nSPS) is 10.2. The van der Waals surface area contributed by atoms with Crippen LogP contribution < -0.4 is 20.5 Å². The number of nitrogens with two attached hydrogens (primary N) is 1. The number of ether oxygens (including phenoxy) is 2. The molecule has 5 heteroatoms. The van der Waals surface area contributed by atoms with E-state index in [0.717, 1.165) is 35.7 Å². The predicted molar refractivity (Wildman–Crippen MR) is 87.6 cm³/mol. The topological polar surface area (TPSA) is 56.5 Å². The molecule has 0 spiro atoms. The zero-order valence-electron chi connectivity index (χ0n) is 12.2. The number of methoxy groups -OCH3 is 2. The second kappa shape index (κ2) is 7.09. The van der Waals surface area contributed by atoms with E-state index in [1.165, 1.54) is 0 Å². The Morgan fingerprint density at radius 1 is 1.05 bits per heavy atom. The van der Waals surface area contributed by atoms with Gasteiger partial charge in [0.2, 0.25) is 0 Å². The molecule has 0 fully saturated rings. The summed E-state index contributed by atoms with van der Waals surface area (Å²) in [5.41, 5.74) is 8.37. The van der Waals surface area contributed by atoms with Crippen molar-refractivity contribution in [3.05, 3.63) is 47.0 Å². The molecule has 112 valence electrons. The molecule has 3 N–H and O–H groups in total. The largest absolute Gasteiger partial charge is 0.493 e. The van der Waals surface area contributed by atoms with Crippen molar-refractivity contribution >= 4 is 23.0 Å². The Balaban J connectivity index is 1.97. The summed E-state index contributed by atoms with van der Waals surface area (Å²) in [6.45, 7) is 0.763. The van der Waals surface area contributed by atoms with Crippen molar-refractivity contribution in [2.45, 2.75) is 6.42 Å². The zero-order valence-corrected chi connectivity index (χ0v) is 12.9. The first-order chi connectivity index (χ1) is 10.1. The SMILES string of the molecule is COc1ccc(CCNc2ccc(N)cc2Cl)cc1OC. The van der Waals surface area contributed by atoms with Crippen molar-refractivity contribution in [2.75, 3.05) is 31.8 Å². The van der Waals surface area contributed by atoms with Crippen LogP contribution in [0.4, 0.5) is 11.4 Å². The molecule has 0 saturated carbocycles. The Bertz CT molecular complexity index is 617. The van der Waals surface area contributed by atoms with Crippen molar-refractivity contribution < 1.29 is 9.47 Å². The van der Waals surface area contributed by atoms with Gasteiger partial charge in [0.25, 0.3) is 0 Å². The molecule has 21 heavy (non-hydrogen) atoms. The Hall–Kier alpha value is -2.07. The molecule has 0 amide bonds. The molecule has 0 aliphatic carbocycles. The van der Waals surface area contributed by atoms with Crippen LogP contribution >= 0.6 is 11.6 Å². The van der Waals surface area contributed by atoms with E-state index in [1.54, 1.807) is 20.3 Å². The summed E-state index contributed by atoms with van der Waals surface area (Å²) in [6, 6.07) is 11.3. The van der Waals surface area contributed by atoms with Gasteiger partial charge in [-0.15, -0.1) is 0 Å². The molecule has 0 atom stereocenters. The molecule has 0 aliphatic heterocycles. The monoisotopic (exact) mass is 306 g/mol. The second-order valence-corrected chi connectivity index (χ2v) is 5.01. The van der Waals surface area contributed by atoms with Crippen molar-refractivity contribution in [1.82, 2.24) is 0 Å². The van der Waals surface area contributed by atoms with Crippen molar-refractivity contribution in [1.29, 1.82) is 0 Å². The van der Waals surface area contributed by atoms with Gasteiger partial charge in [0.05, 0.1) is 24.9 Å². The highest BCUT2D eigenvalue weighted by Crippen LogP contribution is 2.28. The Morgan fingerprint density at radius 2 is 1.81 bits per heavy atom. The minimum atomic E-state index is 0.627. The summed E-state index contributed by atoms with van der Waals surface area (Å²) < 4.78 is 10.5. The van der Waals surface area contributed by atoms with Gasteiger partial charge in [0.1, 0.15) is 0 Å². The molecule has 0 aromatic heterocycles. The lowest BCUT2D eigenvalue weighted by molar-refractivity contribution is 0.354. The third-order valence-corrected chi connectivity index (χ3v) is 3.48. The van der Waals surface area contributed by atoms with Gasteiger partial charge in [-0.05, 0) is 42.3 Å². The average molecular weight is 307 g/mol. The number of anilines is 2. The van der Waals surface area contributed by atoms with Gasteiger partial charge in [0.15, 0.2) is 11.5 Å². The first kappa shape index (κ1) is 15.3. The van der Waals surface area contributed by atoms with Gasteiger partial charge in [-0.2, -0.15) is 0 Å². The number of hydrogen-bond donors (Lipinski definition) is 2. The molecule has 0 aliphatic rings. The molecule has 0 radical (unpaired) electrons. The molecule has 0 saturated heterocycles. The smallest absolute Gasteiger partial charge is 0.160 e. The summed E-state index contributed by atoms with van der Waals surface area (Å²) in [4.78, 5) is 0. The summed E-state index contributed by atoms with van der Waals surface area (Å²) in [5, 5.41) is 3.92. The van der Waals surface area contributed by atoms with Gasteiger partial charge in [-0.25, -0.2) is 0 Å². The van der Waals surface area contributed by atoms with E-state index in [9.17, 15) is 0 Å². The number of nitrogen functional groups attached to an aromatic ring is 1. The highest BCUT2D eigenvalue weighted by molar-refractivity contribution is 6.33. The Labute approximate surface area is 129 Å². The first-order valence-corrected chi connectivity index (χ1v) is 7.01. The zero-order chi connectivity index (χ0) is 15.2. The van der Waals surface area contributed by atoms with Crippen LogP contribution in [0.1, 0.15) is 5.56 Å². The van der Waals surface area contributed by atoms with E-state index < -0.39 is 0 Å². The minimum Gasteiger partial charge on any atom is -0.493 e. The molecule has 2 rings (SSSR count). The van der Waals surface area contributed by atoms with Crippen LogP contribution in [-0.4, -0.2) is 20.8 Å². The maximum atomic E-state index is 6.12. The predicted octanol–water partition coefficient (Wildman–Crippen LogP) is 3.59. The molecule has 4 nitrogen and oxygen atoms in total. The summed E-state index contributed by atoms with van der Waals surface area (Å²) in [6.07, 6.45) is 0.848. The van der Waals surface area contributed by atoms with Gasteiger partial charge >= 0.3 is 0 Å². The van der Waals surface area contributed by atoms with E-state index in [2.05, 4.69) is 5.32 Å². The Morgan fingerprint density at radius 3 is 2.48 bits per heavy atom. The van der Waals surface area contributed by atoms with Crippen LogP contribution in [0.15, 0.2) is 36.4 Å². The summed E-state index contributed by atoms with van der Waals surface area (Å²) in [5.74, 6) is 1.47. The highest BCUT2D eigenvalue weighted by Gasteiger charge is 2.05. The van der Waals surface area contributed by atoms with Crippen LogP contribution in [0, 0.1) is 0 Å². The molecule has 2 aromatic rings.